The highest BCUT2D eigenvalue weighted by atomic mass is 79.9. The van der Waals surface area contributed by atoms with Gasteiger partial charge in [-0.3, -0.25) is 0 Å². The summed E-state index contributed by atoms with van der Waals surface area (Å²) in [4.78, 5) is 0. The van der Waals surface area contributed by atoms with Crippen LogP contribution in [0.1, 0.15) is 32.3 Å². The van der Waals surface area contributed by atoms with Crippen molar-refractivity contribution in [3.8, 4) is 0 Å². The molecule has 1 atom stereocenters. The zero-order valence-corrected chi connectivity index (χ0v) is 11.0. The lowest BCUT2D eigenvalue weighted by atomic mass is 9.77. The van der Waals surface area contributed by atoms with Crippen LogP contribution in [-0.2, 0) is 5.41 Å². The van der Waals surface area contributed by atoms with Gasteiger partial charge in [-0.05, 0) is 37.1 Å². The lowest BCUT2D eigenvalue weighted by Gasteiger charge is -2.32. The Morgan fingerprint density at radius 1 is 1.27 bits per heavy atom. The van der Waals surface area contributed by atoms with Gasteiger partial charge in [0.1, 0.15) is 0 Å². The average Bonchev–Trinajstić information content (AvgIpc) is 2.71. The van der Waals surface area contributed by atoms with Crippen molar-refractivity contribution >= 4 is 15.9 Å². The summed E-state index contributed by atoms with van der Waals surface area (Å²) in [7, 11) is 0. The van der Waals surface area contributed by atoms with Gasteiger partial charge in [0.25, 0.3) is 0 Å². The van der Waals surface area contributed by atoms with Crippen LogP contribution >= 0.6 is 15.9 Å². The summed E-state index contributed by atoms with van der Waals surface area (Å²) < 4.78 is 1.15. The van der Waals surface area contributed by atoms with Crippen molar-refractivity contribution in [2.24, 2.45) is 0 Å². The summed E-state index contributed by atoms with van der Waals surface area (Å²) in [6.45, 7) is 5.84. The first-order chi connectivity index (χ1) is 7.10. The maximum Gasteiger partial charge on any atom is 0.0175 e. The van der Waals surface area contributed by atoms with Gasteiger partial charge in [-0.2, -0.15) is 0 Å². The molecule has 1 saturated heterocycles. The van der Waals surface area contributed by atoms with Crippen LogP contribution < -0.4 is 5.32 Å². The fourth-order valence-electron chi connectivity index (χ4n) is 2.38. The Balaban J connectivity index is 2.23. The van der Waals surface area contributed by atoms with Crippen LogP contribution in [0.25, 0.3) is 0 Å². The van der Waals surface area contributed by atoms with Gasteiger partial charge < -0.3 is 5.32 Å². The van der Waals surface area contributed by atoms with Crippen LogP contribution in [0.15, 0.2) is 28.7 Å². The molecule has 1 heterocycles. The zero-order chi connectivity index (χ0) is 10.9. The van der Waals surface area contributed by atoms with Crippen LogP contribution in [0.2, 0.25) is 0 Å². The average molecular weight is 268 g/mol. The van der Waals surface area contributed by atoms with E-state index in [9.17, 15) is 0 Å². The predicted octanol–water partition coefficient (Wildman–Crippen LogP) is 3.48. The molecule has 2 heteroatoms. The molecule has 82 valence electrons. The van der Waals surface area contributed by atoms with Gasteiger partial charge in [0.15, 0.2) is 0 Å². The van der Waals surface area contributed by atoms with Gasteiger partial charge in [0, 0.05) is 15.9 Å². The van der Waals surface area contributed by atoms with Crippen molar-refractivity contribution < 1.29 is 0 Å². The maximum absolute atomic E-state index is 3.60. The van der Waals surface area contributed by atoms with E-state index in [0.717, 1.165) is 4.47 Å². The van der Waals surface area contributed by atoms with Crippen LogP contribution in [0.5, 0.6) is 0 Å². The Bertz CT molecular complexity index is 323. The minimum Gasteiger partial charge on any atom is -0.313 e. The van der Waals surface area contributed by atoms with Crippen molar-refractivity contribution in [3.05, 3.63) is 34.3 Å². The molecule has 1 aromatic rings. The second kappa shape index (κ2) is 4.26. The van der Waals surface area contributed by atoms with E-state index in [2.05, 4.69) is 59.4 Å². The molecule has 0 radical (unpaired) electrons. The summed E-state index contributed by atoms with van der Waals surface area (Å²) in [5.74, 6) is 0. The molecule has 1 nitrogen and oxygen atoms in total. The highest BCUT2D eigenvalue weighted by molar-refractivity contribution is 9.10. The van der Waals surface area contributed by atoms with Gasteiger partial charge in [-0.1, -0.05) is 41.9 Å². The highest BCUT2D eigenvalue weighted by Crippen LogP contribution is 2.32. The van der Waals surface area contributed by atoms with Gasteiger partial charge in [0.2, 0.25) is 0 Å². The van der Waals surface area contributed by atoms with E-state index in [1.165, 1.54) is 24.9 Å². The third-order valence-corrected chi connectivity index (χ3v) is 4.05. The third-order valence-electron chi connectivity index (χ3n) is 3.52. The summed E-state index contributed by atoms with van der Waals surface area (Å²) in [5.41, 5.74) is 1.65. The topological polar surface area (TPSA) is 12.0 Å². The predicted molar refractivity (Wildman–Crippen MR) is 68.2 cm³/mol. The molecule has 1 N–H and O–H groups in total. The van der Waals surface area contributed by atoms with Crippen LogP contribution in [-0.4, -0.2) is 12.6 Å². The van der Waals surface area contributed by atoms with Crippen molar-refractivity contribution in [1.82, 2.24) is 5.32 Å². The van der Waals surface area contributed by atoms with Crippen molar-refractivity contribution in [2.75, 3.05) is 6.54 Å². The molecule has 1 fully saturated rings. The molecule has 0 amide bonds. The lowest BCUT2D eigenvalue weighted by Crippen LogP contribution is -2.40. The molecule has 1 aliphatic rings. The van der Waals surface area contributed by atoms with E-state index >= 15 is 0 Å². The molecule has 0 aliphatic carbocycles. The van der Waals surface area contributed by atoms with Crippen molar-refractivity contribution in [3.63, 3.8) is 0 Å². The van der Waals surface area contributed by atoms with E-state index in [-0.39, 0.29) is 5.41 Å². The summed E-state index contributed by atoms with van der Waals surface area (Å²) in [6, 6.07) is 9.34. The largest absolute Gasteiger partial charge is 0.313 e. The van der Waals surface area contributed by atoms with Gasteiger partial charge >= 0.3 is 0 Å². The SMILES string of the molecule is CC(C)(c1ccc(Br)cc1)C1CCCN1. The molecule has 1 unspecified atom stereocenters. The van der Waals surface area contributed by atoms with Gasteiger partial charge in [-0.15, -0.1) is 0 Å². The van der Waals surface area contributed by atoms with Gasteiger partial charge in [-0.25, -0.2) is 0 Å². The van der Waals surface area contributed by atoms with Crippen LogP contribution in [0.3, 0.4) is 0 Å². The second-order valence-electron chi connectivity index (χ2n) is 4.88. The lowest BCUT2D eigenvalue weighted by molar-refractivity contribution is 0.377. The third kappa shape index (κ3) is 2.26. The fraction of sp³-hybridized carbons (Fsp3) is 0.538. The first kappa shape index (κ1) is 11.2. The van der Waals surface area contributed by atoms with Crippen molar-refractivity contribution in [2.45, 2.75) is 38.1 Å². The van der Waals surface area contributed by atoms with E-state index < -0.39 is 0 Å². The number of hydrogen-bond donors (Lipinski definition) is 1. The second-order valence-corrected chi connectivity index (χ2v) is 5.79. The Morgan fingerprint density at radius 2 is 1.93 bits per heavy atom. The number of benzene rings is 1. The Labute approximate surface area is 100 Å². The van der Waals surface area contributed by atoms with Crippen molar-refractivity contribution in [1.29, 1.82) is 0 Å². The normalized spacial score (nSPS) is 21.9. The molecular weight excluding hydrogens is 250 g/mol. The minimum atomic E-state index is 0.233. The summed E-state index contributed by atoms with van der Waals surface area (Å²) in [6.07, 6.45) is 2.60. The number of hydrogen-bond acceptors (Lipinski definition) is 1. The van der Waals surface area contributed by atoms with E-state index in [0.29, 0.717) is 6.04 Å². The fourth-order valence-corrected chi connectivity index (χ4v) is 2.65. The minimum absolute atomic E-state index is 0.233. The quantitative estimate of drug-likeness (QED) is 0.865. The smallest absolute Gasteiger partial charge is 0.0175 e. The molecule has 2 rings (SSSR count). The first-order valence-corrected chi connectivity index (χ1v) is 6.39. The molecule has 0 saturated carbocycles. The molecule has 0 spiro atoms. The molecule has 0 bridgehead atoms. The molecule has 0 aromatic heterocycles. The maximum atomic E-state index is 3.60. The number of halogens is 1. The molecule has 1 aliphatic heterocycles. The first-order valence-electron chi connectivity index (χ1n) is 5.60. The Hall–Kier alpha value is -0.340. The standard InChI is InChI=1S/C13H18BrN/c1-13(2,12-4-3-9-15-12)10-5-7-11(14)8-6-10/h5-8,12,15H,3-4,9H2,1-2H3. The van der Waals surface area contributed by atoms with Crippen LogP contribution in [0, 0.1) is 0 Å². The highest BCUT2D eigenvalue weighted by Gasteiger charge is 2.32. The van der Waals surface area contributed by atoms with Crippen LogP contribution in [0.4, 0.5) is 0 Å². The molecular formula is C13H18BrN. The van der Waals surface area contributed by atoms with E-state index in [4.69, 9.17) is 0 Å². The zero-order valence-electron chi connectivity index (χ0n) is 9.39. The number of rotatable bonds is 2. The van der Waals surface area contributed by atoms with E-state index in [1.807, 2.05) is 0 Å². The molecule has 15 heavy (non-hydrogen) atoms. The number of nitrogens with one attached hydrogen (secondary N) is 1. The summed E-state index contributed by atoms with van der Waals surface area (Å²) >= 11 is 3.48. The summed E-state index contributed by atoms with van der Waals surface area (Å²) in [5, 5.41) is 3.60. The Kier molecular flexibility index (Phi) is 3.17. The van der Waals surface area contributed by atoms with E-state index in [1.54, 1.807) is 0 Å². The Morgan fingerprint density at radius 3 is 2.47 bits per heavy atom. The van der Waals surface area contributed by atoms with Gasteiger partial charge in [0.05, 0.1) is 0 Å². The molecule has 1 aromatic carbocycles. The monoisotopic (exact) mass is 267 g/mol.